The molecular weight excluding hydrogens is 579 g/mol. The number of carboxylic acid groups (broad SMARTS) is 3. The van der Waals surface area contributed by atoms with Gasteiger partial charge in [0.25, 0.3) is 16.7 Å². The summed E-state index contributed by atoms with van der Waals surface area (Å²) in [6, 6.07) is 20.0. The molecule has 0 aliphatic heterocycles. The molecule has 16 heteroatoms. The number of H-pyrrole nitrogens is 3. The van der Waals surface area contributed by atoms with Crippen LogP contribution in [0.2, 0.25) is 0 Å². The first kappa shape index (κ1) is 31.5. The Bertz CT molecular complexity index is 1930. The summed E-state index contributed by atoms with van der Waals surface area (Å²) in [5.41, 5.74) is -1.25. The number of aromatic carboxylic acids is 3. The summed E-state index contributed by atoms with van der Waals surface area (Å²) in [5.74, 6) is -4.72. The second-order valence-electron chi connectivity index (χ2n) is 8.16. The number of fused-ring (bicyclic) bond motifs is 3. The standard InChI is InChI=1S/3C9H6N2O3.Al/c3*12-8-7(9(13)14)10-5-3-1-2-4-6(5)11-8;/h3*1-4H,(H,11,12)(H,13,14);/q;;;+3/p-3. The molecule has 0 bridgehead atoms. The van der Waals surface area contributed by atoms with E-state index in [9.17, 15) is 44.1 Å². The minimum Gasteiger partial charge on any atom is -0.543 e. The Hall–Kier alpha value is -5.98. The van der Waals surface area contributed by atoms with E-state index < -0.39 is 51.7 Å². The van der Waals surface area contributed by atoms with Crippen LogP contribution in [0.3, 0.4) is 0 Å². The van der Waals surface area contributed by atoms with E-state index in [1.165, 1.54) is 0 Å². The molecule has 0 saturated carbocycles. The predicted molar refractivity (Wildman–Crippen MR) is 146 cm³/mol. The quantitative estimate of drug-likeness (QED) is 0.179. The van der Waals surface area contributed by atoms with Gasteiger partial charge in [0, 0.05) is 0 Å². The van der Waals surface area contributed by atoms with Crippen LogP contribution in [0.4, 0.5) is 0 Å². The summed E-state index contributed by atoms with van der Waals surface area (Å²) in [4.78, 5) is 83.0. The van der Waals surface area contributed by atoms with Gasteiger partial charge in [-0.15, -0.1) is 0 Å². The second kappa shape index (κ2) is 13.6. The molecule has 3 aromatic heterocycles. The fraction of sp³-hybridized carbons (Fsp3) is 0. The number of benzene rings is 3. The monoisotopic (exact) mass is 594 g/mol. The molecule has 6 rings (SSSR count). The van der Waals surface area contributed by atoms with Crippen LogP contribution in [-0.4, -0.2) is 65.2 Å². The first-order valence-corrected chi connectivity index (χ1v) is 11.7. The van der Waals surface area contributed by atoms with Crippen LogP contribution in [0, 0.1) is 0 Å². The van der Waals surface area contributed by atoms with Gasteiger partial charge in [0.05, 0.1) is 51.0 Å². The molecule has 0 radical (unpaired) electrons. The van der Waals surface area contributed by atoms with Crippen LogP contribution in [0.5, 0.6) is 0 Å². The number of aromatic amines is 3. The maximum absolute atomic E-state index is 11.1. The normalized spacial score (nSPS) is 10.0. The Balaban J connectivity index is 0.000000175. The van der Waals surface area contributed by atoms with Crippen LogP contribution < -0.4 is 32.0 Å². The molecule has 43 heavy (non-hydrogen) atoms. The van der Waals surface area contributed by atoms with Crippen LogP contribution in [0.25, 0.3) is 33.1 Å². The number of carboxylic acids is 3. The van der Waals surface area contributed by atoms with Gasteiger partial charge in [-0.1, -0.05) is 36.4 Å². The minimum atomic E-state index is -1.57. The molecule has 3 aromatic carbocycles. The Morgan fingerprint density at radius 2 is 0.698 bits per heavy atom. The SMILES string of the molecule is O=C([O-])c1nc2ccccc2[nH]c1=O.O=C([O-])c1nc2ccccc2[nH]c1=O.O=C([O-])c1nc2ccccc2[nH]c1=O.[Al+3]. The predicted octanol–water partition coefficient (Wildman–Crippen LogP) is -2.52. The van der Waals surface area contributed by atoms with Crippen molar-refractivity contribution in [3.63, 3.8) is 0 Å². The van der Waals surface area contributed by atoms with Crippen molar-refractivity contribution in [1.82, 2.24) is 29.9 Å². The Kier molecular flexibility index (Phi) is 9.97. The number of nitrogens with zero attached hydrogens (tertiary/aromatic N) is 3. The van der Waals surface area contributed by atoms with Crippen molar-refractivity contribution in [2.24, 2.45) is 0 Å². The van der Waals surface area contributed by atoms with E-state index >= 15 is 0 Å². The number of hydrogen-bond donors (Lipinski definition) is 3. The van der Waals surface area contributed by atoms with Gasteiger partial charge in [-0.05, 0) is 36.4 Å². The smallest absolute Gasteiger partial charge is 0.543 e. The molecule has 0 atom stereocenters. The third-order valence-corrected chi connectivity index (χ3v) is 5.38. The summed E-state index contributed by atoms with van der Waals surface area (Å²) in [6.45, 7) is 0. The number of aromatic nitrogens is 6. The number of para-hydroxylation sites is 6. The fourth-order valence-corrected chi connectivity index (χ4v) is 3.50. The van der Waals surface area contributed by atoms with Gasteiger partial charge in [-0.25, -0.2) is 15.0 Å². The number of hydrogen-bond acceptors (Lipinski definition) is 12. The summed E-state index contributed by atoms with van der Waals surface area (Å²) in [5, 5.41) is 31.4. The second-order valence-corrected chi connectivity index (χ2v) is 8.16. The number of carbonyl (C=O) groups is 3. The zero-order valence-electron chi connectivity index (χ0n) is 21.5. The third kappa shape index (κ3) is 7.41. The maximum Gasteiger partial charge on any atom is 3.00 e. The van der Waals surface area contributed by atoms with Gasteiger partial charge in [0.2, 0.25) is 0 Å². The molecule has 15 nitrogen and oxygen atoms in total. The molecule has 3 heterocycles. The average molecular weight is 594 g/mol. The summed E-state index contributed by atoms with van der Waals surface area (Å²) < 4.78 is 0. The maximum atomic E-state index is 11.1. The van der Waals surface area contributed by atoms with Crippen molar-refractivity contribution in [1.29, 1.82) is 0 Å². The van der Waals surface area contributed by atoms with Crippen molar-refractivity contribution in [2.75, 3.05) is 0 Å². The number of carbonyl (C=O) groups excluding carboxylic acids is 3. The van der Waals surface area contributed by atoms with E-state index in [1.54, 1.807) is 72.8 Å². The first-order chi connectivity index (χ1) is 20.0. The van der Waals surface area contributed by atoms with Crippen LogP contribution in [0.15, 0.2) is 87.2 Å². The van der Waals surface area contributed by atoms with Gasteiger partial charge in [0.15, 0.2) is 17.1 Å². The average Bonchev–Trinajstić information content (AvgIpc) is 2.96. The van der Waals surface area contributed by atoms with Crippen LogP contribution in [0.1, 0.15) is 31.5 Å². The van der Waals surface area contributed by atoms with Crippen LogP contribution >= 0.6 is 0 Å². The fourth-order valence-electron chi connectivity index (χ4n) is 3.50. The van der Waals surface area contributed by atoms with E-state index in [-0.39, 0.29) is 17.4 Å². The third-order valence-electron chi connectivity index (χ3n) is 5.38. The molecule has 210 valence electrons. The Labute approximate surface area is 248 Å². The van der Waals surface area contributed by atoms with Crippen molar-refractivity contribution < 1.29 is 29.7 Å². The number of nitrogens with one attached hydrogen (secondary N) is 3. The molecular formula is C27H15AlN6O9. The van der Waals surface area contributed by atoms with E-state index in [1.807, 2.05) is 0 Å². The van der Waals surface area contributed by atoms with Gasteiger partial charge in [-0.2, -0.15) is 0 Å². The number of rotatable bonds is 3. The zero-order valence-corrected chi connectivity index (χ0v) is 22.7. The molecule has 0 saturated heterocycles. The van der Waals surface area contributed by atoms with Crippen molar-refractivity contribution in [3.05, 3.63) is 121 Å². The Morgan fingerprint density at radius 1 is 0.465 bits per heavy atom. The molecule has 0 aliphatic rings. The largest absolute Gasteiger partial charge is 3.00 e. The van der Waals surface area contributed by atoms with E-state index in [0.29, 0.717) is 33.1 Å². The molecule has 0 unspecified atom stereocenters. The van der Waals surface area contributed by atoms with Gasteiger partial charge >= 0.3 is 17.4 Å². The van der Waals surface area contributed by atoms with Crippen molar-refractivity contribution in [2.45, 2.75) is 0 Å². The summed E-state index contributed by atoms with van der Waals surface area (Å²) in [7, 11) is 0. The Morgan fingerprint density at radius 3 is 0.930 bits per heavy atom. The first-order valence-electron chi connectivity index (χ1n) is 11.7. The zero-order chi connectivity index (χ0) is 30.4. The summed E-state index contributed by atoms with van der Waals surface area (Å²) in [6.07, 6.45) is 0. The van der Waals surface area contributed by atoms with Gasteiger partial charge < -0.3 is 44.7 Å². The van der Waals surface area contributed by atoms with E-state index in [0.717, 1.165) is 0 Å². The summed E-state index contributed by atoms with van der Waals surface area (Å²) >= 11 is 0. The van der Waals surface area contributed by atoms with E-state index in [2.05, 4.69) is 29.9 Å². The molecule has 6 aromatic rings. The van der Waals surface area contributed by atoms with Crippen molar-refractivity contribution in [3.8, 4) is 0 Å². The van der Waals surface area contributed by atoms with E-state index in [4.69, 9.17) is 0 Å². The van der Waals surface area contributed by atoms with Crippen molar-refractivity contribution >= 4 is 68.4 Å². The van der Waals surface area contributed by atoms with Crippen LogP contribution in [-0.2, 0) is 0 Å². The molecule has 3 N–H and O–H groups in total. The molecule has 0 amide bonds. The topological polar surface area (TPSA) is 258 Å². The van der Waals surface area contributed by atoms with Gasteiger partial charge in [0.1, 0.15) is 0 Å². The van der Waals surface area contributed by atoms with Gasteiger partial charge in [-0.3, -0.25) is 14.4 Å². The molecule has 0 spiro atoms. The molecule has 0 fully saturated rings. The molecule has 0 aliphatic carbocycles. The minimum absolute atomic E-state index is 0.